The van der Waals surface area contributed by atoms with Crippen molar-refractivity contribution in [2.45, 2.75) is 32.9 Å². The number of nitrogens with zero attached hydrogens (tertiary/aromatic N) is 1. The first kappa shape index (κ1) is 11.9. The number of carbonyl (C=O) groups is 2. The minimum atomic E-state index is -0.409. The van der Waals surface area contributed by atoms with E-state index in [2.05, 4.69) is 5.32 Å². The van der Waals surface area contributed by atoms with E-state index in [9.17, 15) is 9.59 Å². The second-order valence-electron chi connectivity index (χ2n) is 4.13. The van der Waals surface area contributed by atoms with E-state index < -0.39 is 6.04 Å². The molecule has 1 N–H and O–H groups in total. The molecule has 1 unspecified atom stereocenters. The number of nitrogens with one attached hydrogen (secondary N) is 1. The van der Waals surface area contributed by atoms with Gasteiger partial charge in [-0.2, -0.15) is 0 Å². The average Bonchev–Trinajstić information content (AvgIpc) is 2.81. The maximum Gasteiger partial charge on any atom is 0.246 e. The molecule has 1 fully saturated rings. The van der Waals surface area contributed by atoms with Crippen LogP contribution in [0.1, 0.15) is 24.9 Å². The number of amides is 2. The zero-order valence-corrected chi connectivity index (χ0v) is 10.0. The predicted octanol–water partition coefficient (Wildman–Crippen LogP) is 0.825. The Morgan fingerprint density at radius 3 is 2.76 bits per heavy atom. The van der Waals surface area contributed by atoms with Gasteiger partial charge in [0.05, 0.1) is 19.0 Å². The molecule has 2 heterocycles. The Kier molecular flexibility index (Phi) is 3.28. The van der Waals surface area contributed by atoms with E-state index in [0.717, 1.165) is 11.5 Å². The summed E-state index contributed by atoms with van der Waals surface area (Å²) in [7, 11) is 0. The van der Waals surface area contributed by atoms with Crippen molar-refractivity contribution >= 4 is 11.8 Å². The quantitative estimate of drug-likeness (QED) is 0.786. The van der Waals surface area contributed by atoms with Crippen LogP contribution in [-0.4, -0.2) is 29.3 Å². The van der Waals surface area contributed by atoms with E-state index in [-0.39, 0.29) is 18.2 Å². The monoisotopic (exact) mass is 236 g/mol. The predicted molar refractivity (Wildman–Crippen MR) is 61.1 cm³/mol. The fourth-order valence-corrected chi connectivity index (χ4v) is 1.98. The van der Waals surface area contributed by atoms with Crippen molar-refractivity contribution in [3.05, 3.63) is 23.7 Å². The van der Waals surface area contributed by atoms with Gasteiger partial charge in [0.25, 0.3) is 0 Å². The molecule has 2 amide bonds. The van der Waals surface area contributed by atoms with Crippen LogP contribution < -0.4 is 5.32 Å². The van der Waals surface area contributed by atoms with Crippen LogP contribution in [0.5, 0.6) is 0 Å². The van der Waals surface area contributed by atoms with Crippen molar-refractivity contribution in [1.29, 1.82) is 0 Å². The Labute approximate surface area is 99.8 Å². The first-order valence-corrected chi connectivity index (χ1v) is 5.74. The van der Waals surface area contributed by atoms with Gasteiger partial charge in [-0.05, 0) is 26.0 Å². The third kappa shape index (κ3) is 2.39. The smallest absolute Gasteiger partial charge is 0.246 e. The molecule has 1 aromatic heterocycles. The van der Waals surface area contributed by atoms with Crippen molar-refractivity contribution < 1.29 is 14.0 Å². The van der Waals surface area contributed by atoms with Gasteiger partial charge in [0, 0.05) is 6.54 Å². The molecule has 0 aliphatic carbocycles. The minimum Gasteiger partial charge on any atom is -0.465 e. The Bertz CT molecular complexity index is 439. The standard InChI is InChI=1S/C12H16N2O3/c1-3-14-11(15)6-10(12(14)16)13-7-9-5-4-8(2)17-9/h4-5,10,13H,3,6-7H2,1-2H3. The average molecular weight is 236 g/mol. The van der Waals surface area contributed by atoms with Crippen LogP contribution in [0.4, 0.5) is 0 Å². The summed E-state index contributed by atoms with van der Waals surface area (Å²) in [6.45, 7) is 4.57. The number of likely N-dealkylation sites (tertiary alicyclic amines) is 1. The second-order valence-corrected chi connectivity index (χ2v) is 4.13. The van der Waals surface area contributed by atoms with Gasteiger partial charge in [-0.1, -0.05) is 0 Å². The van der Waals surface area contributed by atoms with Gasteiger partial charge in [0.15, 0.2) is 0 Å². The highest BCUT2D eigenvalue weighted by molar-refractivity contribution is 6.05. The van der Waals surface area contributed by atoms with Gasteiger partial charge in [0.1, 0.15) is 11.5 Å². The minimum absolute atomic E-state index is 0.106. The molecular formula is C12H16N2O3. The van der Waals surface area contributed by atoms with E-state index in [4.69, 9.17) is 4.42 Å². The summed E-state index contributed by atoms with van der Waals surface area (Å²) in [4.78, 5) is 24.6. The lowest BCUT2D eigenvalue weighted by atomic mass is 10.2. The summed E-state index contributed by atoms with van der Waals surface area (Å²) in [5.74, 6) is 1.37. The lowest BCUT2D eigenvalue weighted by molar-refractivity contribution is -0.138. The normalized spacial score (nSPS) is 20.4. The highest BCUT2D eigenvalue weighted by atomic mass is 16.3. The van der Waals surface area contributed by atoms with Gasteiger partial charge in [0.2, 0.25) is 11.8 Å². The lowest BCUT2D eigenvalue weighted by Crippen LogP contribution is -2.38. The zero-order valence-electron chi connectivity index (χ0n) is 10.0. The van der Waals surface area contributed by atoms with E-state index in [1.165, 1.54) is 4.90 Å². The number of hydrogen-bond acceptors (Lipinski definition) is 4. The molecule has 1 saturated heterocycles. The summed E-state index contributed by atoms with van der Waals surface area (Å²) in [6.07, 6.45) is 0.242. The molecule has 1 aliphatic heterocycles. The van der Waals surface area contributed by atoms with Crippen LogP contribution in [0.25, 0.3) is 0 Å². The van der Waals surface area contributed by atoms with E-state index in [0.29, 0.717) is 13.1 Å². The topological polar surface area (TPSA) is 62.6 Å². The van der Waals surface area contributed by atoms with Crippen molar-refractivity contribution in [2.24, 2.45) is 0 Å². The van der Waals surface area contributed by atoms with E-state index in [1.54, 1.807) is 6.92 Å². The van der Waals surface area contributed by atoms with E-state index >= 15 is 0 Å². The lowest BCUT2D eigenvalue weighted by Gasteiger charge is -2.12. The molecule has 0 spiro atoms. The van der Waals surface area contributed by atoms with Gasteiger partial charge in [-0.15, -0.1) is 0 Å². The molecule has 1 atom stereocenters. The van der Waals surface area contributed by atoms with Crippen molar-refractivity contribution in [2.75, 3.05) is 6.54 Å². The highest BCUT2D eigenvalue weighted by Gasteiger charge is 2.37. The van der Waals surface area contributed by atoms with E-state index in [1.807, 2.05) is 19.1 Å². The fraction of sp³-hybridized carbons (Fsp3) is 0.500. The Balaban J connectivity index is 1.92. The maximum absolute atomic E-state index is 11.8. The zero-order chi connectivity index (χ0) is 12.4. The Morgan fingerprint density at radius 2 is 2.24 bits per heavy atom. The molecule has 1 aromatic rings. The third-order valence-corrected chi connectivity index (χ3v) is 2.88. The number of imide groups is 1. The molecule has 0 radical (unpaired) electrons. The first-order valence-electron chi connectivity index (χ1n) is 5.74. The maximum atomic E-state index is 11.8. The molecule has 0 saturated carbocycles. The van der Waals surface area contributed by atoms with Crippen molar-refractivity contribution in [1.82, 2.24) is 10.2 Å². The van der Waals surface area contributed by atoms with Crippen LogP contribution in [0.2, 0.25) is 0 Å². The summed E-state index contributed by atoms with van der Waals surface area (Å²) in [5, 5.41) is 3.05. The highest BCUT2D eigenvalue weighted by Crippen LogP contribution is 2.13. The summed E-state index contributed by atoms with van der Waals surface area (Å²) < 4.78 is 5.39. The van der Waals surface area contributed by atoms with Crippen LogP contribution in [0.15, 0.2) is 16.5 Å². The number of rotatable bonds is 4. The molecule has 2 rings (SSSR count). The molecule has 17 heavy (non-hydrogen) atoms. The molecule has 92 valence electrons. The van der Waals surface area contributed by atoms with Crippen molar-refractivity contribution in [3.8, 4) is 0 Å². The van der Waals surface area contributed by atoms with Crippen molar-refractivity contribution in [3.63, 3.8) is 0 Å². The first-order chi connectivity index (χ1) is 8.11. The Hall–Kier alpha value is -1.62. The summed E-state index contributed by atoms with van der Waals surface area (Å²) >= 11 is 0. The molecule has 0 bridgehead atoms. The van der Waals surface area contributed by atoms with Gasteiger partial charge in [-0.25, -0.2) is 0 Å². The summed E-state index contributed by atoms with van der Waals surface area (Å²) in [5.41, 5.74) is 0. The fourth-order valence-electron chi connectivity index (χ4n) is 1.98. The number of furan rings is 1. The van der Waals surface area contributed by atoms with Crippen LogP contribution >= 0.6 is 0 Å². The molecule has 0 aromatic carbocycles. The second kappa shape index (κ2) is 4.71. The summed E-state index contributed by atoms with van der Waals surface area (Å²) in [6, 6.07) is 3.32. The molecular weight excluding hydrogens is 220 g/mol. The van der Waals surface area contributed by atoms with Gasteiger partial charge < -0.3 is 4.42 Å². The molecule has 5 heteroatoms. The number of likely N-dealkylation sites (N-methyl/N-ethyl adjacent to an activating group) is 1. The largest absolute Gasteiger partial charge is 0.465 e. The van der Waals surface area contributed by atoms with Gasteiger partial charge >= 0.3 is 0 Å². The Morgan fingerprint density at radius 1 is 1.47 bits per heavy atom. The molecule has 5 nitrogen and oxygen atoms in total. The molecule has 1 aliphatic rings. The third-order valence-electron chi connectivity index (χ3n) is 2.88. The van der Waals surface area contributed by atoms with Crippen LogP contribution in [-0.2, 0) is 16.1 Å². The van der Waals surface area contributed by atoms with Crippen LogP contribution in [0, 0.1) is 6.92 Å². The SMILES string of the molecule is CCN1C(=O)CC(NCc2ccc(C)o2)C1=O. The number of carbonyl (C=O) groups excluding carboxylic acids is 2. The van der Waals surface area contributed by atoms with Gasteiger partial charge in [-0.3, -0.25) is 19.8 Å². The van der Waals surface area contributed by atoms with Crippen LogP contribution in [0.3, 0.4) is 0 Å². The number of hydrogen-bond donors (Lipinski definition) is 1. The number of aryl methyl sites for hydroxylation is 1.